The third-order valence-electron chi connectivity index (χ3n) is 2.36. The minimum Gasteiger partial charge on any atom is -0.483 e. The summed E-state index contributed by atoms with van der Waals surface area (Å²) < 4.78 is 23.5. The maximum atomic E-state index is 12.9. The lowest BCUT2D eigenvalue weighted by molar-refractivity contribution is -0.123. The van der Waals surface area contributed by atoms with Crippen molar-refractivity contribution in [2.75, 3.05) is 40.0 Å². The number of halogens is 2. The highest BCUT2D eigenvalue weighted by atomic mass is 79.9. The van der Waals surface area contributed by atoms with Gasteiger partial charge in [0.1, 0.15) is 11.6 Å². The molecule has 0 bridgehead atoms. The van der Waals surface area contributed by atoms with Gasteiger partial charge in [0, 0.05) is 26.7 Å². The van der Waals surface area contributed by atoms with Crippen LogP contribution in [0.3, 0.4) is 0 Å². The number of hydrogen-bond donors (Lipinski definition) is 2. The van der Waals surface area contributed by atoms with Crippen LogP contribution in [0.1, 0.15) is 0 Å². The monoisotopic (exact) mass is 348 g/mol. The smallest absolute Gasteiger partial charge is 0.257 e. The van der Waals surface area contributed by atoms with E-state index in [4.69, 9.17) is 9.47 Å². The number of carbonyl (C=O) groups is 1. The molecule has 0 heterocycles. The molecule has 0 aliphatic carbocycles. The second-order valence-electron chi connectivity index (χ2n) is 3.96. The fourth-order valence-electron chi connectivity index (χ4n) is 1.38. The molecule has 5 nitrogen and oxygen atoms in total. The summed E-state index contributed by atoms with van der Waals surface area (Å²) in [7, 11) is 1.63. The molecule has 0 aliphatic heterocycles. The van der Waals surface area contributed by atoms with Crippen molar-refractivity contribution in [1.29, 1.82) is 0 Å². The van der Waals surface area contributed by atoms with Gasteiger partial charge >= 0.3 is 0 Å². The molecule has 0 radical (unpaired) electrons. The Bertz CT molecular complexity index is 432. The fourth-order valence-corrected chi connectivity index (χ4v) is 1.84. The van der Waals surface area contributed by atoms with Crippen LogP contribution in [-0.2, 0) is 9.53 Å². The molecule has 0 atom stereocenters. The number of hydrogen-bond acceptors (Lipinski definition) is 4. The highest BCUT2D eigenvalue weighted by Crippen LogP contribution is 2.25. The van der Waals surface area contributed by atoms with Crippen molar-refractivity contribution in [2.45, 2.75) is 0 Å². The molecular weight excluding hydrogens is 331 g/mol. The quantitative estimate of drug-likeness (QED) is 0.661. The number of methoxy groups -OCH3 is 1. The zero-order valence-electron chi connectivity index (χ0n) is 11.2. The van der Waals surface area contributed by atoms with Gasteiger partial charge in [0.05, 0.1) is 11.1 Å². The summed E-state index contributed by atoms with van der Waals surface area (Å²) in [4.78, 5) is 11.5. The van der Waals surface area contributed by atoms with Crippen molar-refractivity contribution in [3.8, 4) is 5.75 Å². The molecule has 2 N–H and O–H groups in total. The van der Waals surface area contributed by atoms with Crippen molar-refractivity contribution in [1.82, 2.24) is 10.6 Å². The minimum atomic E-state index is -0.365. The van der Waals surface area contributed by atoms with E-state index in [1.807, 2.05) is 0 Å². The number of benzene rings is 1. The zero-order valence-corrected chi connectivity index (χ0v) is 12.8. The second kappa shape index (κ2) is 9.68. The number of nitrogens with one attached hydrogen (secondary N) is 2. The average Bonchev–Trinajstić information content (AvgIpc) is 2.41. The maximum absolute atomic E-state index is 12.9. The van der Waals surface area contributed by atoms with Gasteiger partial charge in [0.2, 0.25) is 0 Å². The van der Waals surface area contributed by atoms with E-state index in [1.165, 1.54) is 18.2 Å². The van der Waals surface area contributed by atoms with E-state index in [9.17, 15) is 9.18 Å². The molecule has 0 fully saturated rings. The standard InChI is InChI=1S/C13H18BrFN2O3/c1-19-7-6-16-4-5-17-13(18)9-20-12-3-2-10(15)8-11(12)14/h2-3,8,16H,4-7,9H2,1H3,(H,17,18). The van der Waals surface area contributed by atoms with Crippen LogP contribution in [0.5, 0.6) is 5.75 Å². The van der Waals surface area contributed by atoms with Crippen LogP contribution in [0.15, 0.2) is 22.7 Å². The molecule has 0 aromatic heterocycles. The van der Waals surface area contributed by atoms with Gasteiger partial charge in [-0.3, -0.25) is 4.79 Å². The first-order valence-corrected chi connectivity index (χ1v) is 6.97. The van der Waals surface area contributed by atoms with E-state index in [2.05, 4.69) is 26.6 Å². The fraction of sp³-hybridized carbons (Fsp3) is 0.462. The summed E-state index contributed by atoms with van der Waals surface area (Å²) in [5.74, 6) is -0.162. The number of amides is 1. The van der Waals surface area contributed by atoms with Crippen LogP contribution in [0.4, 0.5) is 4.39 Å². The molecule has 1 aromatic carbocycles. The molecule has 20 heavy (non-hydrogen) atoms. The van der Waals surface area contributed by atoms with Crippen LogP contribution in [0, 0.1) is 5.82 Å². The summed E-state index contributed by atoms with van der Waals surface area (Å²) in [6, 6.07) is 4.03. The van der Waals surface area contributed by atoms with E-state index in [0.29, 0.717) is 29.9 Å². The summed E-state index contributed by atoms with van der Waals surface area (Å²) in [6.07, 6.45) is 0. The molecule has 0 saturated heterocycles. The molecule has 112 valence electrons. The lowest BCUT2D eigenvalue weighted by Gasteiger charge is -2.09. The molecule has 7 heteroatoms. The Hall–Kier alpha value is -1.18. The molecule has 0 unspecified atom stereocenters. The SMILES string of the molecule is COCCNCCNC(=O)COc1ccc(F)cc1Br. The summed E-state index contributed by atoms with van der Waals surface area (Å²) in [5.41, 5.74) is 0. The normalized spacial score (nSPS) is 10.3. The van der Waals surface area contributed by atoms with Gasteiger partial charge in [-0.25, -0.2) is 4.39 Å². The Labute approximate surface area is 126 Å². The van der Waals surface area contributed by atoms with Gasteiger partial charge in [-0.15, -0.1) is 0 Å². The van der Waals surface area contributed by atoms with Gasteiger partial charge in [-0.1, -0.05) is 0 Å². The average molecular weight is 349 g/mol. The Morgan fingerprint density at radius 1 is 1.35 bits per heavy atom. The molecule has 1 aromatic rings. The molecular formula is C13H18BrFN2O3. The summed E-state index contributed by atoms with van der Waals surface area (Å²) >= 11 is 3.17. The Kier molecular flexibility index (Phi) is 8.17. The Morgan fingerprint density at radius 3 is 2.85 bits per heavy atom. The first-order chi connectivity index (χ1) is 9.63. The van der Waals surface area contributed by atoms with Crippen molar-refractivity contribution in [3.05, 3.63) is 28.5 Å². The Morgan fingerprint density at radius 2 is 2.15 bits per heavy atom. The molecule has 0 saturated carbocycles. The van der Waals surface area contributed by atoms with E-state index in [-0.39, 0.29) is 18.3 Å². The van der Waals surface area contributed by atoms with Crippen LogP contribution in [0.2, 0.25) is 0 Å². The van der Waals surface area contributed by atoms with Crippen LogP contribution in [0.25, 0.3) is 0 Å². The second-order valence-corrected chi connectivity index (χ2v) is 4.81. The van der Waals surface area contributed by atoms with Gasteiger partial charge in [0.25, 0.3) is 5.91 Å². The molecule has 1 rings (SSSR count). The van der Waals surface area contributed by atoms with Crippen LogP contribution in [-0.4, -0.2) is 45.9 Å². The Balaban J connectivity index is 2.16. The van der Waals surface area contributed by atoms with Crippen molar-refractivity contribution < 1.29 is 18.7 Å². The first kappa shape index (κ1) is 16.9. The number of carbonyl (C=O) groups excluding carboxylic acids is 1. The van der Waals surface area contributed by atoms with Gasteiger partial charge in [-0.05, 0) is 34.1 Å². The van der Waals surface area contributed by atoms with Gasteiger partial charge in [-0.2, -0.15) is 0 Å². The predicted molar refractivity (Wildman–Crippen MR) is 77.4 cm³/mol. The first-order valence-electron chi connectivity index (χ1n) is 6.17. The van der Waals surface area contributed by atoms with E-state index < -0.39 is 0 Å². The maximum Gasteiger partial charge on any atom is 0.257 e. The molecule has 1 amide bonds. The highest BCUT2D eigenvalue weighted by Gasteiger charge is 2.06. The third kappa shape index (κ3) is 6.83. The van der Waals surface area contributed by atoms with Crippen LogP contribution < -0.4 is 15.4 Å². The lowest BCUT2D eigenvalue weighted by atomic mass is 10.3. The largest absolute Gasteiger partial charge is 0.483 e. The predicted octanol–water partition coefficient (Wildman–Crippen LogP) is 1.32. The van der Waals surface area contributed by atoms with Crippen molar-refractivity contribution in [3.63, 3.8) is 0 Å². The van der Waals surface area contributed by atoms with Gasteiger partial charge < -0.3 is 20.1 Å². The van der Waals surface area contributed by atoms with Crippen LogP contribution >= 0.6 is 15.9 Å². The number of ether oxygens (including phenoxy) is 2. The third-order valence-corrected chi connectivity index (χ3v) is 2.98. The van der Waals surface area contributed by atoms with Crippen molar-refractivity contribution >= 4 is 21.8 Å². The highest BCUT2D eigenvalue weighted by molar-refractivity contribution is 9.10. The number of rotatable bonds is 9. The zero-order chi connectivity index (χ0) is 14.8. The summed E-state index contributed by atoms with van der Waals surface area (Å²) in [6.45, 7) is 2.44. The molecule has 0 spiro atoms. The summed E-state index contributed by atoms with van der Waals surface area (Å²) in [5, 5.41) is 5.81. The van der Waals surface area contributed by atoms with E-state index in [1.54, 1.807) is 7.11 Å². The lowest BCUT2D eigenvalue weighted by Crippen LogP contribution is -2.35. The topological polar surface area (TPSA) is 59.6 Å². The van der Waals surface area contributed by atoms with Crippen molar-refractivity contribution in [2.24, 2.45) is 0 Å². The van der Waals surface area contributed by atoms with Gasteiger partial charge in [0.15, 0.2) is 6.61 Å². The molecule has 0 aliphatic rings. The van der Waals surface area contributed by atoms with E-state index in [0.717, 1.165) is 6.54 Å². The minimum absolute atomic E-state index is 0.109. The van der Waals surface area contributed by atoms with E-state index >= 15 is 0 Å².